The van der Waals surface area contributed by atoms with Crippen LogP contribution in [0.1, 0.15) is 16.1 Å². The number of halogens is 1. The van der Waals surface area contributed by atoms with E-state index in [1.54, 1.807) is 0 Å². The van der Waals surface area contributed by atoms with Gasteiger partial charge in [-0.3, -0.25) is 4.79 Å². The summed E-state index contributed by atoms with van der Waals surface area (Å²) >= 11 is 4.77. The molecule has 0 saturated carbocycles. The number of fused-ring (bicyclic) bond motifs is 1. The van der Waals surface area contributed by atoms with Gasteiger partial charge in [-0.1, -0.05) is 22.0 Å². The molecule has 0 saturated heterocycles. The zero-order chi connectivity index (χ0) is 13.1. The smallest absolute Gasteiger partial charge is 0.263 e. The highest BCUT2D eigenvalue weighted by atomic mass is 79.9. The molecule has 1 heterocycles. The molecule has 0 atom stereocenters. The Morgan fingerprint density at radius 2 is 2.28 bits per heavy atom. The Hall–Kier alpha value is -1.11. The fourth-order valence-corrected chi connectivity index (χ4v) is 3.21. The molecule has 2 rings (SSSR count). The minimum atomic E-state index is -0.182. The average molecular weight is 329 g/mol. The van der Waals surface area contributed by atoms with Gasteiger partial charge in [0.2, 0.25) is 0 Å². The van der Waals surface area contributed by atoms with Crippen molar-refractivity contribution in [2.24, 2.45) is 0 Å². The lowest BCUT2D eigenvalue weighted by atomic mass is 10.2. The number of carbonyl (C=O) groups is 1. The van der Waals surface area contributed by atoms with E-state index < -0.39 is 0 Å². The van der Waals surface area contributed by atoms with Crippen molar-refractivity contribution >= 4 is 48.9 Å². The number of amides is 1. The molecular formula is C12H13BrN2O2S. The number of nitrogen functional groups attached to an aromatic ring is 1. The maximum Gasteiger partial charge on any atom is 0.263 e. The molecule has 6 heteroatoms. The lowest BCUT2D eigenvalue weighted by Crippen LogP contribution is -2.24. The van der Waals surface area contributed by atoms with Gasteiger partial charge in [-0.15, -0.1) is 11.3 Å². The Balaban J connectivity index is 2.28. The molecule has 0 spiro atoms. The summed E-state index contributed by atoms with van der Waals surface area (Å²) in [5, 5.41) is 12.3. The number of anilines is 1. The van der Waals surface area contributed by atoms with Crippen LogP contribution in [-0.4, -0.2) is 24.2 Å². The van der Waals surface area contributed by atoms with Crippen LogP contribution in [0.15, 0.2) is 22.7 Å². The highest BCUT2D eigenvalue weighted by Gasteiger charge is 2.15. The second-order valence-electron chi connectivity index (χ2n) is 3.82. The standard InChI is InChI=1S/C12H13BrN2O2S/c13-7-2-3-8-9(6-7)18-11(10(8)14)12(17)15-4-1-5-16/h2-3,6,16H,1,4-5,14H2,(H,15,17). The number of carbonyl (C=O) groups excluding carboxylic acids is 1. The summed E-state index contributed by atoms with van der Waals surface area (Å²) in [6.07, 6.45) is 0.544. The number of aliphatic hydroxyl groups excluding tert-OH is 1. The van der Waals surface area contributed by atoms with Crippen molar-refractivity contribution in [3.8, 4) is 0 Å². The van der Waals surface area contributed by atoms with E-state index in [0.29, 0.717) is 23.5 Å². The summed E-state index contributed by atoms with van der Waals surface area (Å²) in [6.45, 7) is 0.516. The van der Waals surface area contributed by atoms with Crippen LogP contribution in [0.5, 0.6) is 0 Å². The highest BCUT2D eigenvalue weighted by Crippen LogP contribution is 2.35. The van der Waals surface area contributed by atoms with E-state index >= 15 is 0 Å². The van der Waals surface area contributed by atoms with Crippen molar-refractivity contribution in [3.63, 3.8) is 0 Å². The van der Waals surface area contributed by atoms with Gasteiger partial charge in [-0.2, -0.15) is 0 Å². The van der Waals surface area contributed by atoms with E-state index in [2.05, 4.69) is 21.2 Å². The fraction of sp³-hybridized carbons (Fsp3) is 0.250. The van der Waals surface area contributed by atoms with Crippen LogP contribution >= 0.6 is 27.3 Å². The van der Waals surface area contributed by atoms with Crippen molar-refractivity contribution in [3.05, 3.63) is 27.5 Å². The van der Waals surface area contributed by atoms with E-state index in [1.807, 2.05) is 18.2 Å². The normalized spacial score (nSPS) is 10.8. The van der Waals surface area contributed by atoms with Crippen LogP contribution in [0, 0.1) is 0 Å². The molecule has 1 aromatic heterocycles. The topological polar surface area (TPSA) is 75.4 Å². The quantitative estimate of drug-likeness (QED) is 0.754. The number of benzene rings is 1. The van der Waals surface area contributed by atoms with Crippen molar-refractivity contribution in [1.29, 1.82) is 0 Å². The maximum absolute atomic E-state index is 11.9. The molecule has 18 heavy (non-hydrogen) atoms. The maximum atomic E-state index is 11.9. The van der Waals surface area contributed by atoms with Crippen LogP contribution < -0.4 is 11.1 Å². The second-order valence-corrected chi connectivity index (χ2v) is 5.79. The molecule has 0 aliphatic carbocycles. The summed E-state index contributed by atoms with van der Waals surface area (Å²) in [5.41, 5.74) is 6.50. The molecule has 96 valence electrons. The third-order valence-corrected chi connectivity index (χ3v) is 4.18. The van der Waals surface area contributed by atoms with E-state index in [9.17, 15) is 4.79 Å². The zero-order valence-electron chi connectivity index (χ0n) is 9.57. The molecule has 4 nitrogen and oxygen atoms in total. The molecule has 1 amide bonds. The minimum absolute atomic E-state index is 0.0646. The van der Waals surface area contributed by atoms with Gasteiger partial charge in [0.15, 0.2) is 0 Å². The zero-order valence-corrected chi connectivity index (χ0v) is 12.0. The van der Waals surface area contributed by atoms with Gasteiger partial charge in [0, 0.05) is 27.7 Å². The largest absolute Gasteiger partial charge is 0.397 e. The van der Waals surface area contributed by atoms with Crippen LogP contribution in [0.25, 0.3) is 10.1 Å². The summed E-state index contributed by atoms with van der Waals surface area (Å²) in [4.78, 5) is 12.4. The number of thiophene rings is 1. The monoisotopic (exact) mass is 328 g/mol. The molecule has 0 fully saturated rings. The number of aliphatic hydroxyl groups is 1. The molecule has 4 N–H and O–H groups in total. The lowest BCUT2D eigenvalue weighted by molar-refractivity contribution is 0.0956. The molecule has 0 aliphatic heterocycles. The van der Waals surface area contributed by atoms with Gasteiger partial charge in [0.05, 0.1) is 5.69 Å². The SMILES string of the molecule is Nc1c(C(=O)NCCCO)sc2cc(Br)ccc12. The van der Waals surface area contributed by atoms with E-state index in [0.717, 1.165) is 14.6 Å². The average Bonchev–Trinajstić information content (AvgIpc) is 2.66. The van der Waals surface area contributed by atoms with Gasteiger partial charge in [-0.25, -0.2) is 0 Å². The first kappa shape index (κ1) is 13.3. The van der Waals surface area contributed by atoms with Crippen LogP contribution in [-0.2, 0) is 0 Å². The molecule has 2 aromatic rings. The summed E-state index contributed by atoms with van der Waals surface area (Å²) < 4.78 is 1.94. The highest BCUT2D eigenvalue weighted by molar-refractivity contribution is 9.10. The summed E-state index contributed by atoms with van der Waals surface area (Å²) in [6, 6.07) is 5.75. The van der Waals surface area contributed by atoms with Crippen molar-refractivity contribution in [2.75, 3.05) is 18.9 Å². The lowest BCUT2D eigenvalue weighted by Gasteiger charge is -2.02. The van der Waals surface area contributed by atoms with Crippen molar-refractivity contribution in [1.82, 2.24) is 5.32 Å². The predicted molar refractivity (Wildman–Crippen MR) is 78.0 cm³/mol. The van der Waals surface area contributed by atoms with Gasteiger partial charge in [-0.05, 0) is 18.6 Å². The number of nitrogens with two attached hydrogens (primary N) is 1. The molecule has 0 aliphatic rings. The van der Waals surface area contributed by atoms with E-state index in [4.69, 9.17) is 10.8 Å². The van der Waals surface area contributed by atoms with Crippen molar-refractivity contribution < 1.29 is 9.90 Å². The predicted octanol–water partition coefficient (Wildman–Crippen LogP) is 2.36. The number of hydrogen-bond acceptors (Lipinski definition) is 4. The van der Waals surface area contributed by atoms with Crippen LogP contribution in [0.4, 0.5) is 5.69 Å². The number of hydrogen-bond donors (Lipinski definition) is 3. The fourth-order valence-electron chi connectivity index (χ4n) is 1.62. The van der Waals surface area contributed by atoms with Crippen LogP contribution in [0.3, 0.4) is 0 Å². The number of nitrogens with one attached hydrogen (secondary N) is 1. The molecule has 1 aromatic carbocycles. The Bertz CT molecular complexity index is 583. The Kier molecular flexibility index (Phi) is 4.21. The third-order valence-electron chi connectivity index (χ3n) is 2.52. The van der Waals surface area contributed by atoms with Gasteiger partial charge in [0.25, 0.3) is 5.91 Å². The molecule has 0 bridgehead atoms. The second kappa shape index (κ2) is 5.69. The first-order valence-corrected chi connectivity index (χ1v) is 7.11. The first-order chi connectivity index (χ1) is 8.63. The van der Waals surface area contributed by atoms with Crippen LogP contribution in [0.2, 0.25) is 0 Å². The van der Waals surface area contributed by atoms with E-state index in [1.165, 1.54) is 11.3 Å². The molecule has 0 radical (unpaired) electrons. The minimum Gasteiger partial charge on any atom is -0.397 e. The summed E-state index contributed by atoms with van der Waals surface area (Å²) in [7, 11) is 0. The molecular weight excluding hydrogens is 316 g/mol. The summed E-state index contributed by atoms with van der Waals surface area (Å²) in [5.74, 6) is -0.182. The Morgan fingerprint density at radius 3 is 3.00 bits per heavy atom. The number of rotatable bonds is 4. The van der Waals surface area contributed by atoms with E-state index in [-0.39, 0.29) is 12.5 Å². The van der Waals surface area contributed by atoms with Gasteiger partial charge in [0.1, 0.15) is 4.88 Å². The van der Waals surface area contributed by atoms with Gasteiger partial charge < -0.3 is 16.2 Å². The Labute approximate surface area is 117 Å². The van der Waals surface area contributed by atoms with Gasteiger partial charge >= 0.3 is 0 Å². The first-order valence-electron chi connectivity index (χ1n) is 5.50. The molecule has 0 unspecified atom stereocenters. The third kappa shape index (κ3) is 2.66. The Morgan fingerprint density at radius 1 is 1.50 bits per heavy atom. The van der Waals surface area contributed by atoms with Crippen molar-refractivity contribution in [2.45, 2.75) is 6.42 Å².